The number of carbonyl (C=O) groups is 1. The van der Waals surface area contributed by atoms with Crippen molar-refractivity contribution < 1.29 is 13.2 Å². The Labute approximate surface area is 147 Å². The number of carbonyl (C=O) groups excluding carboxylic acids is 1. The maximum atomic E-state index is 12.2. The summed E-state index contributed by atoms with van der Waals surface area (Å²) in [6.07, 6.45) is 0. The summed E-state index contributed by atoms with van der Waals surface area (Å²) in [7, 11) is -3.85. The zero-order valence-corrected chi connectivity index (χ0v) is 15.2. The van der Waals surface area contributed by atoms with Gasteiger partial charge in [-0.3, -0.25) is 10.2 Å². The fraction of sp³-hybridized carbons (Fsp3) is 0.235. The molecule has 2 rings (SSSR count). The molecule has 0 fully saturated rings. The molecule has 2 aromatic rings. The Morgan fingerprint density at radius 1 is 1.04 bits per heavy atom. The normalized spacial score (nSPS) is 12.0. The van der Waals surface area contributed by atoms with E-state index in [1.165, 1.54) is 24.3 Å². The predicted octanol–water partition coefficient (Wildman–Crippen LogP) is 3.26. The van der Waals surface area contributed by atoms with Crippen molar-refractivity contribution in [3.8, 4) is 0 Å². The van der Waals surface area contributed by atoms with Gasteiger partial charge in [-0.15, -0.1) is 4.83 Å². The maximum absolute atomic E-state index is 12.2. The van der Waals surface area contributed by atoms with Crippen LogP contribution in [0.25, 0.3) is 0 Å². The van der Waals surface area contributed by atoms with Crippen LogP contribution in [0.2, 0.25) is 5.02 Å². The van der Waals surface area contributed by atoms with Gasteiger partial charge in [-0.25, -0.2) is 8.42 Å². The van der Waals surface area contributed by atoms with Crippen LogP contribution in [0.1, 0.15) is 36.7 Å². The maximum Gasteiger partial charge on any atom is 0.266 e. The average Bonchev–Trinajstić information content (AvgIpc) is 2.52. The lowest BCUT2D eigenvalue weighted by Crippen LogP contribution is -2.41. The standard InChI is InChI=1S/C17H19ClN2O3S/c1-17(2,3)13-7-9-15(10-8-13)24(22,23)20-19-16(21)12-5-4-6-14(18)11-12/h4-11,20H,1-3H3,(H,19,21). The molecule has 0 radical (unpaired) electrons. The van der Waals surface area contributed by atoms with Crippen molar-refractivity contribution in [2.45, 2.75) is 31.1 Å². The van der Waals surface area contributed by atoms with Crippen LogP contribution in [0.5, 0.6) is 0 Å². The zero-order valence-electron chi connectivity index (χ0n) is 13.6. The molecule has 24 heavy (non-hydrogen) atoms. The van der Waals surface area contributed by atoms with E-state index in [-0.39, 0.29) is 15.9 Å². The minimum Gasteiger partial charge on any atom is -0.273 e. The van der Waals surface area contributed by atoms with Crippen molar-refractivity contribution in [2.24, 2.45) is 0 Å². The van der Waals surface area contributed by atoms with Crippen molar-refractivity contribution in [3.05, 3.63) is 64.7 Å². The van der Waals surface area contributed by atoms with Crippen LogP contribution in [-0.2, 0) is 15.4 Å². The molecule has 7 heteroatoms. The van der Waals surface area contributed by atoms with E-state index in [1.54, 1.807) is 24.3 Å². The number of amides is 1. The number of hydrazine groups is 1. The number of sulfonamides is 1. The van der Waals surface area contributed by atoms with Crippen molar-refractivity contribution in [2.75, 3.05) is 0 Å². The second kappa shape index (κ2) is 6.93. The first kappa shape index (κ1) is 18.4. The van der Waals surface area contributed by atoms with Crippen LogP contribution in [0.15, 0.2) is 53.4 Å². The van der Waals surface area contributed by atoms with E-state index < -0.39 is 15.9 Å². The van der Waals surface area contributed by atoms with Gasteiger partial charge in [-0.05, 0) is 41.3 Å². The Morgan fingerprint density at radius 2 is 1.67 bits per heavy atom. The van der Waals surface area contributed by atoms with E-state index >= 15 is 0 Å². The van der Waals surface area contributed by atoms with Crippen molar-refractivity contribution >= 4 is 27.5 Å². The third-order valence-corrected chi connectivity index (χ3v) is 4.92. The lowest BCUT2D eigenvalue weighted by molar-refractivity contribution is 0.0945. The average molecular weight is 367 g/mol. The van der Waals surface area contributed by atoms with Gasteiger partial charge in [0.2, 0.25) is 0 Å². The molecule has 128 valence electrons. The van der Waals surface area contributed by atoms with Gasteiger partial charge in [0.15, 0.2) is 0 Å². The quantitative estimate of drug-likeness (QED) is 0.815. The first-order chi connectivity index (χ1) is 11.1. The van der Waals surface area contributed by atoms with Crippen LogP contribution in [0.4, 0.5) is 0 Å². The Morgan fingerprint density at radius 3 is 2.21 bits per heavy atom. The molecule has 2 aromatic carbocycles. The monoisotopic (exact) mass is 366 g/mol. The van der Waals surface area contributed by atoms with Gasteiger partial charge in [0.1, 0.15) is 0 Å². The molecule has 0 unspecified atom stereocenters. The number of rotatable bonds is 4. The Hall–Kier alpha value is -1.89. The lowest BCUT2D eigenvalue weighted by Gasteiger charge is -2.19. The molecule has 0 aliphatic carbocycles. The van der Waals surface area contributed by atoms with Crippen LogP contribution >= 0.6 is 11.6 Å². The molecule has 0 atom stereocenters. The molecular weight excluding hydrogens is 348 g/mol. The molecule has 2 N–H and O–H groups in total. The first-order valence-corrected chi connectivity index (χ1v) is 9.14. The Kier molecular flexibility index (Phi) is 5.32. The molecule has 0 saturated carbocycles. The van der Waals surface area contributed by atoms with Gasteiger partial charge in [-0.1, -0.05) is 50.6 Å². The summed E-state index contributed by atoms with van der Waals surface area (Å²) in [5.41, 5.74) is 3.38. The summed E-state index contributed by atoms with van der Waals surface area (Å²) in [6, 6.07) is 12.7. The number of hydrogen-bond acceptors (Lipinski definition) is 3. The summed E-state index contributed by atoms with van der Waals surface area (Å²) < 4.78 is 24.5. The van der Waals surface area contributed by atoms with Crippen LogP contribution in [-0.4, -0.2) is 14.3 Å². The fourth-order valence-corrected chi connectivity index (χ4v) is 3.04. The van der Waals surface area contributed by atoms with Crippen LogP contribution in [0.3, 0.4) is 0 Å². The molecule has 0 bridgehead atoms. The van der Waals surface area contributed by atoms with Crippen LogP contribution in [0, 0.1) is 0 Å². The van der Waals surface area contributed by atoms with E-state index in [9.17, 15) is 13.2 Å². The van der Waals surface area contributed by atoms with Gasteiger partial charge in [-0.2, -0.15) is 0 Å². The third kappa shape index (κ3) is 4.56. The molecule has 5 nitrogen and oxygen atoms in total. The minimum atomic E-state index is -3.85. The molecule has 0 aliphatic heterocycles. The number of hydrogen-bond donors (Lipinski definition) is 2. The molecule has 0 saturated heterocycles. The van der Waals surface area contributed by atoms with E-state index in [0.29, 0.717) is 5.02 Å². The van der Waals surface area contributed by atoms with Crippen molar-refractivity contribution in [1.29, 1.82) is 0 Å². The largest absolute Gasteiger partial charge is 0.273 e. The number of halogens is 1. The topological polar surface area (TPSA) is 75.3 Å². The summed E-state index contributed by atoms with van der Waals surface area (Å²) in [5.74, 6) is -0.590. The fourth-order valence-electron chi connectivity index (χ4n) is 2.01. The van der Waals surface area contributed by atoms with Gasteiger partial charge in [0, 0.05) is 10.6 Å². The predicted molar refractivity (Wildman–Crippen MR) is 94.4 cm³/mol. The van der Waals surface area contributed by atoms with Gasteiger partial charge < -0.3 is 0 Å². The highest BCUT2D eigenvalue weighted by Gasteiger charge is 2.18. The highest BCUT2D eigenvalue weighted by Crippen LogP contribution is 2.23. The second-order valence-corrected chi connectivity index (χ2v) is 8.46. The SMILES string of the molecule is CC(C)(C)c1ccc(S(=O)(=O)NNC(=O)c2cccc(Cl)c2)cc1. The first-order valence-electron chi connectivity index (χ1n) is 7.28. The van der Waals surface area contributed by atoms with E-state index in [4.69, 9.17) is 11.6 Å². The summed E-state index contributed by atoms with van der Waals surface area (Å²) in [5, 5.41) is 0.392. The lowest BCUT2D eigenvalue weighted by atomic mass is 9.87. The van der Waals surface area contributed by atoms with Crippen LogP contribution < -0.4 is 10.3 Å². The summed E-state index contributed by atoms with van der Waals surface area (Å²) in [6.45, 7) is 6.12. The summed E-state index contributed by atoms with van der Waals surface area (Å²) >= 11 is 5.81. The zero-order chi connectivity index (χ0) is 18.0. The van der Waals surface area contributed by atoms with Gasteiger partial charge >= 0.3 is 0 Å². The van der Waals surface area contributed by atoms with Crippen molar-refractivity contribution in [3.63, 3.8) is 0 Å². The molecule has 1 amide bonds. The number of benzene rings is 2. The second-order valence-electron chi connectivity index (χ2n) is 6.34. The minimum absolute atomic E-state index is 0.0712. The molecular formula is C17H19ClN2O3S. The third-order valence-electron chi connectivity index (χ3n) is 3.42. The Bertz CT molecular complexity index is 841. The molecule has 0 spiro atoms. The molecule has 0 heterocycles. The van der Waals surface area contributed by atoms with E-state index in [1.807, 2.05) is 20.8 Å². The molecule has 0 aliphatic rings. The van der Waals surface area contributed by atoms with Gasteiger partial charge in [0.05, 0.1) is 4.90 Å². The Balaban J connectivity index is 2.10. The van der Waals surface area contributed by atoms with E-state index in [0.717, 1.165) is 5.56 Å². The smallest absolute Gasteiger partial charge is 0.266 e. The van der Waals surface area contributed by atoms with Gasteiger partial charge in [0.25, 0.3) is 15.9 Å². The highest BCUT2D eigenvalue weighted by molar-refractivity contribution is 7.89. The van der Waals surface area contributed by atoms with E-state index in [2.05, 4.69) is 10.3 Å². The summed E-state index contributed by atoms with van der Waals surface area (Å²) in [4.78, 5) is 14.1. The highest BCUT2D eigenvalue weighted by atomic mass is 35.5. The number of nitrogens with one attached hydrogen (secondary N) is 2. The molecule has 0 aromatic heterocycles. The van der Waals surface area contributed by atoms with Crippen molar-refractivity contribution in [1.82, 2.24) is 10.3 Å².